The lowest BCUT2D eigenvalue weighted by molar-refractivity contribution is -0.116. The number of rotatable bonds is 7. The molecule has 0 fully saturated rings. The maximum Gasteiger partial charge on any atom is 0.232 e. The van der Waals surface area contributed by atoms with Crippen LogP contribution in [0.3, 0.4) is 0 Å². The van der Waals surface area contributed by atoms with Gasteiger partial charge in [-0.1, -0.05) is 24.3 Å². The highest BCUT2D eigenvalue weighted by Gasteiger charge is 2.20. The van der Waals surface area contributed by atoms with Crippen LogP contribution in [0.4, 0.5) is 20.2 Å². The summed E-state index contributed by atoms with van der Waals surface area (Å²) in [6, 6.07) is 12.9. The van der Waals surface area contributed by atoms with Gasteiger partial charge in [-0.05, 0) is 54.0 Å². The van der Waals surface area contributed by atoms with Crippen molar-refractivity contribution in [3.8, 4) is 0 Å². The third-order valence-electron chi connectivity index (χ3n) is 5.51. The first-order valence-corrected chi connectivity index (χ1v) is 11.8. The van der Waals surface area contributed by atoms with E-state index in [9.17, 15) is 22.0 Å². The van der Waals surface area contributed by atoms with Crippen LogP contribution in [0.2, 0.25) is 0 Å². The van der Waals surface area contributed by atoms with Gasteiger partial charge in [0, 0.05) is 30.1 Å². The molecule has 4 rings (SSSR count). The third kappa shape index (κ3) is 4.39. The Morgan fingerprint density at radius 1 is 1.03 bits per heavy atom. The number of hydrogen-bond donors (Lipinski definition) is 1. The number of hydrogen-bond acceptors (Lipinski definition) is 3. The monoisotopic (exact) mass is 444 g/mol. The molecule has 0 spiro atoms. The summed E-state index contributed by atoms with van der Waals surface area (Å²) in [4.78, 5) is 12.5. The Morgan fingerprint density at radius 3 is 2.48 bits per heavy atom. The van der Waals surface area contributed by atoms with E-state index in [0.29, 0.717) is 0 Å². The van der Waals surface area contributed by atoms with Gasteiger partial charge in [0.25, 0.3) is 0 Å². The number of amides is 1. The first-order chi connectivity index (χ1) is 14.7. The third-order valence-corrected chi connectivity index (χ3v) is 6.70. The van der Waals surface area contributed by atoms with Gasteiger partial charge in [0.1, 0.15) is 0 Å². The quantitative estimate of drug-likeness (QED) is 0.587. The summed E-state index contributed by atoms with van der Waals surface area (Å²) >= 11 is 0. The molecule has 0 radical (unpaired) electrons. The minimum Gasteiger partial charge on any atom is -0.326 e. The van der Waals surface area contributed by atoms with Gasteiger partial charge in [-0.15, -0.1) is 0 Å². The molecule has 0 unspecified atom stereocenters. The Bertz CT molecular complexity index is 1270. The van der Waals surface area contributed by atoms with Crippen LogP contribution in [0.25, 0.3) is 10.8 Å². The number of carbonyl (C=O) groups is 1. The summed E-state index contributed by atoms with van der Waals surface area (Å²) in [7, 11) is -3.72. The van der Waals surface area contributed by atoms with E-state index in [1.54, 1.807) is 0 Å². The van der Waals surface area contributed by atoms with Crippen LogP contribution in [-0.2, 0) is 27.7 Å². The second kappa shape index (κ2) is 8.26. The number of anilines is 2. The predicted molar refractivity (Wildman–Crippen MR) is 118 cm³/mol. The molecule has 1 N–H and O–H groups in total. The topological polar surface area (TPSA) is 66.5 Å². The number of carbonyl (C=O) groups excluding carboxylic acids is 1. The first-order valence-electron chi connectivity index (χ1n) is 10.00. The summed E-state index contributed by atoms with van der Waals surface area (Å²) in [5, 5.41) is 5.12. The molecule has 0 aliphatic heterocycles. The summed E-state index contributed by atoms with van der Waals surface area (Å²) in [5.41, 5.74) is 3.31. The lowest BCUT2D eigenvalue weighted by Gasteiger charge is -2.22. The Labute approximate surface area is 179 Å². The zero-order chi connectivity index (χ0) is 22.2. The number of nitrogens with one attached hydrogen (secondary N) is 1. The molecular formula is C23H22F2N2O3S. The van der Waals surface area contributed by atoms with Crippen molar-refractivity contribution in [1.29, 1.82) is 0 Å². The van der Waals surface area contributed by atoms with Crippen molar-refractivity contribution in [2.45, 2.75) is 25.7 Å². The van der Waals surface area contributed by atoms with Crippen molar-refractivity contribution in [1.82, 2.24) is 0 Å². The molecule has 3 aromatic carbocycles. The molecule has 3 aromatic rings. The molecule has 8 heteroatoms. The predicted octanol–water partition coefficient (Wildman–Crippen LogP) is 4.40. The highest BCUT2D eigenvalue weighted by Crippen LogP contribution is 2.35. The van der Waals surface area contributed by atoms with Gasteiger partial charge in [0.2, 0.25) is 15.9 Å². The molecule has 162 valence electrons. The molecule has 0 aromatic heterocycles. The van der Waals surface area contributed by atoms with Crippen LogP contribution in [0, 0.1) is 11.6 Å². The van der Waals surface area contributed by atoms with E-state index < -0.39 is 21.7 Å². The standard InChI is InChI=1S/C23H22F2N2O3S/c1-31(29,30)27(17-10-11-19(24)20(25)14-17)13-3-6-22(28)26-21-12-9-16-8-7-15-4-2-5-18(21)23(15)16/h2,4-5,9-12,14H,3,6-8,13H2,1H3,(H,26,28). The van der Waals surface area contributed by atoms with Crippen molar-refractivity contribution >= 4 is 38.1 Å². The maximum absolute atomic E-state index is 13.5. The SMILES string of the molecule is CS(=O)(=O)N(CCCC(=O)Nc1ccc2c3c(cccc13)CC2)c1ccc(F)c(F)c1. The van der Waals surface area contributed by atoms with Gasteiger partial charge in [0.05, 0.1) is 11.9 Å². The normalized spacial score (nSPS) is 12.9. The largest absolute Gasteiger partial charge is 0.326 e. The van der Waals surface area contributed by atoms with Crippen LogP contribution in [0.1, 0.15) is 24.0 Å². The summed E-state index contributed by atoms with van der Waals surface area (Å²) < 4.78 is 52.0. The van der Waals surface area contributed by atoms with E-state index in [2.05, 4.69) is 11.4 Å². The highest BCUT2D eigenvalue weighted by atomic mass is 32.2. The minimum atomic E-state index is -3.72. The molecule has 31 heavy (non-hydrogen) atoms. The number of benzene rings is 3. The molecule has 0 saturated heterocycles. The van der Waals surface area contributed by atoms with Crippen LogP contribution >= 0.6 is 0 Å². The number of nitrogens with zero attached hydrogens (tertiary/aromatic N) is 1. The van der Waals surface area contributed by atoms with Crippen molar-refractivity contribution in [2.75, 3.05) is 22.4 Å². The van der Waals surface area contributed by atoms with E-state index in [1.165, 1.54) is 22.6 Å². The number of aryl methyl sites for hydroxylation is 2. The second-order valence-electron chi connectivity index (χ2n) is 7.70. The van der Waals surface area contributed by atoms with Crippen molar-refractivity contribution in [3.63, 3.8) is 0 Å². The van der Waals surface area contributed by atoms with Gasteiger partial charge in [-0.3, -0.25) is 9.10 Å². The molecule has 1 amide bonds. The highest BCUT2D eigenvalue weighted by molar-refractivity contribution is 7.92. The van der Waals surface area contributed by atoms with E-state index >= 15 is 0 Å². The van der Waals surface area contributed by atoms with Gasteiger partial charge in [-0.25, -0.2) is 17.2 Å². The first kappa shape index (κ1) is 21.2. The van der Waals surface area contributed by atoms with Crippen molar-refractivity contribution in [3.05, 3.63) is 71.3 Å². The Morgan fingerprint density at radius 2 is 1.77 bits per heavy atom. The molecule has 5 nitrogen and oxygen atoms in total. The fourth-order valence-corrected chi connectivity index (χ4v) is 5.04. The van der Waals surface area contributed by atoms with Crippen LogP contribution in [-0.4, -0.2) is 27.1 Å². The average Bonchev–Trinajstić information content (AvgIpc) is 3.13. The number of sulfonamides is 1. The van der Waals surface area contributed by atoms with E-state index in [1.807, 2.05) is 24.3 Å². The van der Waals surface area contributed by atoms with Crippen LogP contribution in [0.5, 0.6) is 0 Å². The van der Waals surface area contributed by atoms with Crippen LogP contribution < -0.4 is 9.62 Å². The van der Waals surface area contributed by atoms with Gasteiger partial charge >= 0.3 is 0 Å². The number of halogens is 2. The molecule has 0 atom stereocenters. The zero-order valence-electron chi connectivity index (χ0n) is 17.0. The second-order valence-corrected chi connectivity index (χ2v) is 9.60. The van der Waals surface area contributed by atoms with Gasteiger partial charge in [-0.2, -0.15) is 0 Å². The average molecular weight is 445 g/mol. The Hall–Kier alpha value is -3.00. The Balaban J connectivity index is 1.44. The molecular weight excluding hydrogens is 422 g/mol. The maximum atomic E-state index is 13.5. The molecule has 0 saturated carbocycles. The van der Waals surface area contributed by atoms with E-state index in [-0.39, 0.29) is 31.0 Å². The fraction of sp³-hybridized carbons (Fsp3) is 0.261. The van der Waals surface area contributed by atoms with Gasteiger partial charge < -0.3 is 5.32 Å². The molecule has 1 aliphatic rings. The zero-order valence-corrected chi connectivity index (χ0v) is 17.8. The van der Waals surface area contributed by atoms with Gasteiger partial charge in [0.15, 0.2) is 11.6 Å². The summed E-state index contributed by atoms with van der Waals surface area (Å²) in [6.45, 7) is -0.0266. The summed E-state index contributed by atoms with van der Waals surface area (Å²) in [6.07, 6.45) is 3.28. The minimum absolute atomic E-state index is 0.0225. The van der Waals surface area contributed by atoms with E-state index in [4.69, 9.17) is 0 Å². The van der Waals surface area contributed by atoms with Crippen LogP contribution in [0.15, 0.2) is 48.5 Å². The van der Waals surface area contributed by atoms with Crippen molar-refractivity contribution < 1.29 is 22.0 Å². The Kier molecular flexibility index (Phi) is 5.66. The lowest BCUT2D eigenvalue weighted by Crippen LogP contribution is -2.31. The smallest absolute Gasteiger partial charge is 0.232 e. The molecule has 0 bridgehead atoms. The summed E-state index contributed by atoms with van der Waals surface area (Å²) in [5.74, 6) is -2.42. The van der Waals surface area contributed by atoms with E-state index in [0.717, 1.165) is 46.6 Å². The lowest BCUT2D eigenvalue weighted by atomic mass is 10.0. The molecule has 1 aliphatic carbocycles. The molecule has 0 heterocycles. The van der Waals surface area contributed by atoms with Crippen molar-refractivity contribution in [2.24, 2.45) is 0 Å². The fourth-order valence-electron chi connectivity index (χ4n) is 4.08.